The highest BCUT2D eigenvalue weighted by Crippen LogP contribution is 2.26. The molecule has 3 heterocycles. The second kappa shape index (κ2) is 8.92. The number of carbonyl (C=O) groups excluding carboxylic acids is 1. The average Bonchev–Trinajstić information content (AvgIpc) is 3.29. The molecule has 0 aliphatic carbocycles. The van der Waals surface area contributed by atoms with Crippen molar-refractivity contribution in [2.75, 3.05) is 31.1 Å². The van der Waals surface area contributed by atoms with Gasteiger partial charge < -0.3 is 9.80 Å². The molecule has 0 radical (unpaired) electrons. The highest BCUT2D eigenvalue weighted by atomic mass is 32.1. The van der Waals surface area contributed by atoms with Crippen molar-refractivity contribution in [2.24, 2.45) is 0 Å². The first-order valence-corrected chi connectivity index (χ1v) is 11.1. The van der Waals surface area contributed by atoms with Crippen LogP contribution < -0.4 is 4.90 Å². The van der Waals surface area contributed by atoms with Crippen molar-refractivity contribution in [2.45, 2.75) is 26.7 Å². The average molecular weight is 425 g/mol. The minimum Gasteiger partial charge on any atom is -0.353 e. The molecule has 0 N–H and O–H groups in total. The van der Waals surface area contributed by atoms with Crippen LogP contribution in [0.15, 0.2) is 41.8 Å². The number of aryl methyl sites for hydroxylation is 2. The summed E-state index contributed by atoms with van der Waals surface area (Å²) in [4.78, 5) is 27.0. The Hall–Kier alpha value is -2.80. The molecule has 3 aromatic rings. The molecule has 156 valence electrons. The van der Waals surface area contributed by atoms with Gasteiger partial charge in [-0.15, -0.1) is 11.3 Å². The Morgan fingerprint density at radius 1 is 1.13 bits per heavy atom. The number of hydrogen-bond acceptors (Lipinski definition) is 5. The maximum Gasteiger partial charge on any atom is 0.264 e. The molecule has 0 bridgehead atoms. The quantitative estimate of drug-likeness (QED) is 0.619. The largest absolute Gasteiger partial charge is 0.353 e. The Bertz CT molecular complexity index is 1030. The lowest BCUT2D eigenvalue weighted by molar-refractivity contribution is 0.0751. The van der Waals surface area contributed by atoms with Crippen LogP contribution in [0.1, 0.15) is 39.2 Å². The highest BCUT2D eigenvalue weighted by Gasteiger charge is 2.26. The zero-order chi connectivity index (χ0) is 21.1. The summed E-state index contributed by atoms with van der Waals surface area (Å²) in [5.41, 5.74) is 2.95. The van der Waals surface area contributed by atoms with Crippen LogP contribution in [-0.2, 0) is 12.8 Å². The Morgan fingerprint density at radius 2 is 1.93 bits per heavy atom. The first-order valence-electron chi connectivity index (χ1n) is 10.2. The van der Waals surface area contributed by atoms with Crippen LogP contribution in [0.4, 0.5) is 10.2 Å². The maximum atomic E-state index is 13.7. The normalized spacial score (nSPS) is 14.2. The minimum atomic E-state index is -0.235. The molecule has 1 aromatic carbocycles. The van der Waals surface area contributed by atoms with E-state index in [9.17, 15) is 9.18 Å². The van der Waals surface area contributed by atoms with Gasteiger partial charge in [0.15, 0.2) is 0 Å². The zero-order valence-electron chi connectivity index (χ0n) is 17.3. The van der Waals surface area contributed by atoms with E-state index in [0.29, 0.717) is 32.6 Å². The van der Waals surface area contributed by atoms with E-state index in [1.807, 2.05) is 35.4 Å². The van der Waals surface area contributed by atoms with Gasteiger partial charge in [0.05, 0.1) is 4.88 Å². The van der Waals surface area contributed by atoms with Gasteiger partial charge in [-0.2, -0.15) is 0 Å². The summed E-state index contributed by atoms with van der Waals surface area (Å²) in [5.74, 6) is 1.51. The topological polar surface area (TPSA) is 49.3 Å². The van der Waals surface area contributed by atoms with Crippen molar-refractivity contribution in [3.05, 3.63) is 75.1 Å². The van der Waals surface area contributed by atoms with Crippen LogP contribution in [-0.4, -0.2) is 47.0 Å². The predicted octanol–water partition coefficient (Wildman–Crippen LogP) is 4.10. The van der Waals surface area contributed by atoms with E-state index in [1.165, 1.54) is 17.4 Å². The third kappa shape index (κ3) is 4.36. The van der Waals surface area contributed by atoms with Gasteiger partial charge in [-0.3, -0.25) is 4.79 Å². The second-order valence-electron chi connectivity index (χ2n) is 7.44. The number of thiophene rings is 1. The van der Waals surface area contributed by atoms with Crippen molar-refractivity contribution in [1.82, 2.24) is 14.9 Å². The molecule has 0 saturated carbocycles. The number of halogens is 1. The molecule has 0 unspecified atom stereocenters. The molecule has 1 amide bonds. The van der Waals surface area contributed by atoms with E-state index in [2.05, 4.69) is 16.8 Å². The summed E-state index contributed by atoms with van der Waals surface area (Å²) in [5, 5.41) is 1.93. The number of carbonyl (C=O) groups is 1. The number of piperazine rings is 1. The van der Waals surface area contributed by atoms with Gasteiger partial charge in [0, 0.05) is 43.9 Å². The van der Waals surface area contributed by atoms with Crippen LogP contribution in [0.25, 0.3) is 0 Å². The fourth-order valence-corrected chi connectivity index (χ4v) is 4.59. The van der Waals surface area contributed by atoms with Crippen LogP contribution >= 0.6 is 11.3 Å². The van der Waals surface area contributed by atoms with Crippen LogP contribution in [0.5, 0.6) is 0 Å². The number of benzene rings is 1. The van der Waals surface area contributed by atoms with E-state index in [-0.39, 0.29) is 11.7 Å². The lowest BCUT2D eigenvalue weighted by Crippen LogP contribution is -2.49. The molecule has 0 atom stereocenters. The Balaban J connectivity index is 1.58. The van der Waals surface area contributed by atoms with Crippen molar-refractivity contribution in [1.29, 1.82) is 0 Å². The zero-order valence-corrected chi connectivity index (χ0v) is 18.1. The molecule has 5 nitrogen and oxygen atoms in total. The van der Waals surface area contributed by atoms with Gasteiger partial charge >= 0.3 is 0 Å². The second-order valence-corrected chi connectivity index (χ2v) is 8.38. The first-order chi connectivity index (χ1) is 14.5. The molecule has 2 aromatic heterocycles. The molecule has 4 rings (SSSR count). The number of rotatable bonds is 5. The third-order valence-electron chi connectivity index (χ3n) is 5.39. The van der Waals surface area contributed by atoms with Crippen LogP contribution in [0.2, 0.25) is 0 Å². The fraction of sp³-hybridized carbons (Fsp3) is 0.348. The van der Waals surface area contributed by atoms with E-state index in [1.54, 1.807) is 12.1 Å². The van der Waals surface area contributed by atoms with E-state index in [4.69, 9.17) is 4.98 Å². The summed E-state index contributed by atoms with van der Waals surface area (Å²) in [6, 6.07) is 10.5. The number of nitrogens with zero attached hydrogens (tertiary/aromatic N) is 4. The van der Waals surface area contributed by atoms with Gasteiger partial charge in [-0.05, 0) is 42.5 Å². The lowest BCUT2D eigenvalue weighted by Gasteiger charge is -2.36. The molecule has 30 heavy (non-hydrogen) atoms. The number of amides is 1. The van der Waals surface area contributed by atoms with Crippen molar-refractivity contribution >= 4 is 23.1 Å². The molecular weight excluding hydrogens is 399 g/mol. The van der Waals surface area contributed by atoms with Gasteiger partial charge in [0.1, 0.15) is 17.5 Å². The molecule has 1 aliphatic rings. The smallest absolute Gasteiger partial charge is 0.264 e. The molecule has 1 saturated heterocycles. The molecule has 1 aliphatic heterocycles. The number of anilines is 1. The lowest BCUT2D eigenvalue weighted by atomic mass is 10.0. The van der Waals surface area contributed by atoms with E-state index in [0.717, 1.165) is 39.8 Å². The SMILES string of the molecule is CCc1nc(C)nc(N2CCN(C(=O)c3cccs3)CC2)c1Cc1cccc(F)c1. The van der Waals surface area contributed by atoms with Gasteiger partial charge in [-0.1, -0.05) is 25.1 Å². The summed E-state index contributed by atoms with van der Waals surface area (Å²) < 4.78 is 13.7. The Kier molecular flexibility index (Phi) is 6.08. The molecule has 1 fully saturated rings. The summed E-state index contributed by atoms with van der Waals surface area (Å²) in [7, 11) is 0. The Morgan fingerprint density at radius 3 is 2.60 bits per heavy atom. The van der Waals surface area contributed by atoms with Gasteiger partial charge in [0.2, 0.25) is 0 Å². The standard InChI is InChI=1S/C23H25FN4OS/c1-3-20-19(15-17-6-4-7-18(24)14-17)22(26-16(2)25-20)27-9-11-28(12-10-27)23(29)21-8-5-13-30-21/h4-8,13-14H,3,9-12,15H2,1-2H3. The minimum absolute atomic E-state index is 0.0951. The summed E-state index contributed by atoms with van der Waals surface area (Å²) in [6.45, 7) is 6.73. The summed E-state index contributed by atoms with van der Waals surface area (Å²) >= 11 is 1.48. The van der Waals surface area contributed by atoms with Gasteiger partial charge in [-0.25, -0.2) is 14.4 Å². The third-order valence-corrected chi connectivity index (χ3v) is 6.24. The van der Waals surface area contributed by atoms with Crippen LogP contribution in [0, 0.1) is 12.7 Å². The monoisotopic (exact) mass is 424 g/mol. The fourth-order valence-electron chi connectivity index (χ4n) is 3.90. The molecule has 0 spiro atoms. The van der Waals surface area contributed by atoms with E-state index < -0.39 is 0 Å². The summed E-state index contributed by atoms with van der Waals surface area (Å²) in [6.07, 6.45) is 1.38. The molecule has 7 heteroatoms. The van der Waals surface area contributed by atoms with Crippen molar-refractivity contribution in [3.8, 4) is 0 Å². The highest BCUT2D eigenvalue weighted by molar-refractivity contribution is 7.12. The van der Waals surface area contributed by atoms with Gasteiger partial charge in [0.25, 0.3) is 5.91 Å². The van der Waals surface area contributed by atoms with Crippen LogP contribution in [0.3, 0.4) is 0 Å². The first kappa shape index (κ1) is 20.5. The van der Waals surface area contributed by atoms with E-state index >= 15 is 0 Å². The molecular formula is C23H25FN4OS. The number of aromatic nitrogens is 2. The number of hydrogen-bond donors (Lipinski definition) is 0. The predicted molar refractivity (Wildman–Crippen MR) is 118 cm³/mol. The maximum absolute atomic E-state index is 13.7. The van der Waals surface area contributed by atoms with Crippen molar-refractivity contribution in [3.63, 3.8) is 0 Å². The van der Waals surface area contributed by atoms with Crippen molar-refractivity contribution < 1.29 is 9.18 Å². The Labute approximate surface area is 180 Å².